The molecular weight excluding hydrogens is 354 g/mol. The summed E-state index contributed by atoms with van der Waals surface area (Å²) in [5.41, 5.74) is 0. The zero-order chi connectivity index (χ0) is 18.5. The predicted molar refractivity (Wildman–Crippen MR) is 100 cm³/mol. The molecule has 0 spiro atoms. The van der Waals surface area contributed by atoms with Crippen LogP contribution in [0.5, 0.6) is 0 Å². The highest BCUT2D eigenvalue weighted by Crippen LogP contribution is 2.18. The number of nitrogens with zero attached hydrogens (tertiary/aromatic N) is 4. The number of hydrogen-bond acceptors (Lipinski definition) is 7. The van der Waals surface area contributed by atoms with Crippen molar-refractivity contribution in [1.29, 1.82) is 0 Å². The van der Waals surface area contributed by atoms with E-state index in [1.54, 1.807) is 6.20 Å². The molecule has 26 heavy (non-hydrogen) atoms. The molecule has 2 aliphatic rings. The molecule has 1 aromatic rings. The molecule has 3 heterocycles. The lowest BCUT2D eigenvalue weighted by atomic mass is 10.2. The van der Waals surface area contributed by atoms with Gasteiger partial charge in [-0.05, 0) is 19.1 Å². The summed E-state index contributed by atoms with van der Waals surface area (Å²) in [5.74, 6) is 0.891. The van der Waals surface area contributed by atoms with Crippen LogP contribution < -0.4 is 10.2 Å². The van der Waals surface area contributed by atoms with Crippen LogP contribution in [0.3, 0.4) is 0 Å². The van der Waals surface area contributed by atoms with Crippen molar-refractivity contribution in [3.05, 3.63) is 24.4 Å². The highest BCUT2D eigenvalue weighted by atomic mass is 32.2. The summed E-state index contributed by atoms with van der Waals surface area (Å²) in [6, 6.07) is 5.61. The minimum absolute atomic E-state index is 0.0805. The molecule has 2 aliphatic heterocycles. The Bertz CT molecular complexity index is 648. The van der Waals surface area contributed by atoms with Crippen molar-refractivity contribution in [2.45, 2.75) is 13.0 Å². The Morgan fingerprint density at radius 3 is 2.65 bits per heavy atom. The number of nitrogens with one attached hydrogen (secondary N) is 1. The standard InChI is InChI=1S/C17H23N5O3S/c1-13(16(24)19-6-7-22-15(23)12-26-17(22)25)20-8-10-21(11-9-20)14-4-2-3-5-18-14/h2-5,13H,6-12H2,1H3,(H,19,24)/t13-/m0/s1. The monoisotopic (exact) mass is 377 g/mol. The number of thioether (sulfide) groups is 1. The first-order valence-corrected chi connectivity index (χ1v) is 9.69. The molecule has 1 aromatic heterocycles. The molecule has 2 fully saturated rings. The lowest BCUT2D eigenvalue weighted by Crippen LogP contribution is -2.54. The fourth-order valence-electron chi connectivity index (χ4n) is 3.08. The van der Waals surface area contributed by atoms with Gasteiger partial charge < -0.3 is 10.2 Å². The minimum Gasteiger partial charge on any atom is -0.354 e. The van der Waals surface area contributed by atoms with E-state index >= 15 is 0 Å². The van der Waals surface area contributed by atoms with Crippen molar-refractivity contribution in [2.24, 2.45) is 0 Å². The van der Waals surface area contributed by atoms with Gasteiger partial charge in [0.05, 0.1) is 11.8 Å². The summed E-state index contributed by atoms with van der Waals surface area (Å²) in [7, 11) is 0. The van der Waals surface area contributed by atoms with E-state index in [2.05, 4.69) is 20.1 Å². The molecule has 3 amide bonds. The summed E-state index contributed by atoms with van der Waals surface area (Å²) < 4.78 is 0. The normalized spacial score (nSPS) is 19.7. The Hall–Kier alpha value is -2.13. The largest absolute Gasteiger partial charge is 0.354 e. The van der Waals surface area contributed by atoms with Gasteiger partial charge in [0, 0.05) is 45.5 Å². The highest BCUT2D eigenvalue weighted by Gasteiger charge is 2.30. The quantitative estimate of drug-likeness (QED) is 0.768. The van der Waals surface area contributed by atoms with E-state index in [0.717, 1.165) is 43.8 Å². The summed E-state index contributed by atoms with van der Waals surface area (Å²) >= 11 is 1.01. The van der Waals surface area contributed by atoms with E-state index in [1.165, 1.54) is 4.90 Å². The molecule has 8 nitrogen and oxygen atoms in total. The summed E-state index contributed by atoms with van der Waals surface area (Å²) in [5, 5.41) is 2.60. The number of rotatable bonds is 6. The van der Waals surface area contributed by atoms with Gasteiger partial charge in [0.15, 0.2) is 0 Å². The topological polar surface area (TPSA) is 85.8 Å². The van der Waals surface area contributed by atoms with Crippen LogP contribution in [0.2, 0.25) is 0 Å². The Morgan fingerprint density at radius 2 is 2.04 bits per heavy atom. The van der Waals surface area contributed by atoms with E-state index in [-0.39, 0.29) is 41.9 Å². The van der Waals surface area contributed by atoms with Gasteiger partial charge in [0.1, 0.15) is 5.82 Å². The van der Waals surface area contributed by atoms with Crippen LogP contribution in [-0.2, 0) is 9.59 Å². The van der Waals surface area contributed by atoms with Crippen molar-refractivity contribution in [2.75, 3.05) is 49.9 Å². The SMILES string of the molecule is C[C@@H](C(=O)NCCN1C(=O)CSC1=O)N1CCN(c2ccccn2)CC1. The first-order chi connectivity index (χ1) is 12.6. The molecular formula is C17H23N5O3S. The predicted octanol–water partition coefficient (Wildman–Crippen LogP) is 0.404. The van der Waals surface area contributed by atoms with Gasteiger partial charge >= 0.3 is 0 Å². The number of pyridine rings is 1. The smallest absolute Gasteiger partial charge is 0.288 e. The molecule has 0 aliphatic carbocycles. The molecule has 0 saturated carbocycles. The molecule has 2 saturated heterocycles. The number of carbonyl (C=O) groups excluding carboxylic acids is 3. The number of hydrogen-bond donors (Lipinski definition) is 1. The van der Waals surface area contributed by atoms with Gasteiger partial charge in [-0.3, -0.25) is 24.2 Å². The third-order valence-electron chi connectivity index (χ3n) is 4.69. The third kappa shape index (κ3) is 4.34. The van der Waals surface area contributed by atoms with Crippen LogP contribution in [0.25, 0.3) is 0 Å². The molecule has 0 radical (unpaired) electrons. The Kier molecular flexibility index (Phi) is 6.10. The molecule has 0 aromatic carbocycles. The average molecular weight is 377 g/mol. The number of piperazine rings is 1. The summed E-state index contributed by atoms with van der Waals surface area (Å²) in [6.07, 6.45) is 1.78. The molecule has 3 rings (SSSR count). The van der Waals surface area contributed by atoms with Crippen molar-refractivity contribution in [3.8, 4) is 0 Å². The maximum atomic E-state index is 12.4. The van der Waals surface area contributed by atoms with E-state index in [1.807, 2.05) is 25.1 Å². The second kappa shape index (κ2) is 8.50. The number of imide groups is 1. The fraction of sp³-hybridized carbons (Fsp3) is 0.529. The van der Waals surface area contributed by atoms with Crippen LogP contribution in [-0.4, -0.2) is 82.9 Å². The summed E-state index contributed by atoms with van der Waals surface area (Å²) in [4.78, 5) is 45.3. The number of carbonyl (C=O) groups is 3. The van der Waals surface area contributed by atoms with Crippen molar-refractivity contribution < 1.29 is 14.4 Å². The zero-order valence-electron chi connectivity index (χ0n) is 14.8. The van der Waals surface area contributed by atoms with Crippen LogP contribution in [0.4, 0.5) is 10.6 Å². The molecule has 0 bridgehead atoms. The lowest BCUT2D eigenvalue weighted by molar-refractivity contribution is -0.127. The Balaban J connectivity index is 1.41. The third-order valence-corrected chi connectivity index (χ3v) is 5.55. The number of anilines is 1. The maximum Gasteiger partial charge on any atom is 0.288 e. The Labute approximate surface area is 156 Å². The van der Waals surface area contributed by atoms with Crippen LogP contribution in [0.15, 0.2) is 24.4 Å². The molecule has 1 atom stereocenters. The van der Waals surface area contributed by atoms with E-state index < -0.39 is 0 Å². The van der Waals surface area contributed by atoms with Gasteiger partial charge in [-0.15, -0.1) is 0 Å². The van der Waals surface area contributed by atoms with E-state index in [9.17, 15) is 14.4 Å². The van der Waals surface area contributed by atoms with Gasteiger partial charge in [-0.1, -0.05) is 17.8 Å². The molecule has 9 heteroatoms. The zero-order valence-corrected chi connectivity index (χ0v) is 15.6. The van der Waals surface area contributed by atoms with Gasteiger partial charge in [-0.2, -0.15) is 0 Å². The van der Waals surface area contributed by atoms with Crippen LogP contribution >= 0.6 is 11.8 Å². The lowest BCUT2D eigenvalue weighted by Gasteiger charge is -2.38. The second-order valence-corrected chi connectivity index (χ2v) is 7.20. The van der Waals surface area contributed by atoms with Gasteiger partial charge in [0.2, 0.25) is 11.8 Å². The average Bonchev–Trinajstić information content (AvgIpc) is 3.00. The van der Waals surface area contributed by atoms with Crippen molar-refractivity contribution >= 4 is 34.6 Å². The van der Waals surface area contributed by atoms with E-state index in [0.29, 0.717) is 0 Å². The van der Waals surface area contributed by atoms with Crippen LogP contribution in [0.1, 0.15) is 6.92 Å². The van der Waals surface area contributed by atoms with Gasteiger partial charge in [0.25, 0.3) is 5.24 Å². The second-order valence-electron chi connectivity index (χ2n) is 6.28. The highest BCUT2D eigenvalue weighted by molar-refractivity contribution is 8.14. The Morgan fingerprint density at radius 1 is 1.27 bits per heavy atom. The maximum absolute atomic E-state index is 12.4. The first kappa shape index (κ1) is 18.7. The minimum atomic E-state index is -0.250. The summed E-state index contributed by atoms with van der Waals surface area (Å²) in [6.45, 7) is 5.61. The van der Waals surface area contributed by atoms with Gasteiger partial charge in [-0.25, -0.2) is 4.98 Å². The fourth-order valence-corrected chi connectivity index (χ4v) is 3.83. The first-order valence-electron chi connectivity index (χ1n) is 8.71. The molecule has 0 unspecified atom stereocenters. The molecule has 140 valence electrons. The number of amides is 3. The van der Waals surface area contributed by atoms with E-state index in [4.69, 9.17) is 0 Å². The van der Waals surface area contributed by atoms with Crippen molar-refractivity contribution in [1.82, 2.24) is 20.1 Å². The van der Waals surface area contributed by atoms with Crippen molar-refractivity contribution in [3.63, 3.8) is 0 Å². The number of aromatic nitrogens is 1. The van der Waals surface area contributed by atoms with Crippen LogP contribution in [0, 0.1) is 0 Å². The molecule has 1 N–H and O–H groups in total.